The molecule has 2 atom stereocenters. The van der Waals surface area contributed by atoms with E-state index in [9.17, 15) is 19.5 Å². The van der Waals surface area contributed by atoms with Crippen LogP contribution in [0.3, 0.4) is 0 Å². The maximum absolute atomic E-state index is 12.8. The van der Waals surface area contributed by atoms with Crippen molar-refractivity contribution < 1.29 is 42.9 Å². The normalized spacial score (nSPS) is 13.3. The number of carbonyl (C=O) groups excluding carboxylic acids is 3. The standard InChI is InChI=1S/C52H93NO8/c1-6-8-10-12-14-16-18-20-22-23-24-25-26-27-29-30-32-34-36-38-40-42-49(54)59-46-48(47-60-52(51(56)57)58-45-44-53(3,4)5)61-50(55)43-41-39-37-35-33-31-28-21-19-17-15-13-11-9-7-2/h9,11,15,17,21,23-24,28,48,52H,6-8,10,12-14,16,18-20,22,25-27,29-47H2,1-5H3/b11-9-,17-15-,24-23-,28-21-. The van der Waals surface area contributed by atoms with Gasteiger partial charge < -0.3 is 33.3 Å². The van der Waals surface area contributed by atoms with Crippen molar-refractivity contribution in [2.24, 2.45) is 0 Å². The molecule has 0 amide bonds. The molecule has 9 nitrogen and oxygen atoms in total. The van der Waals surface area contributed by atoms with Crippen LogP contribution < -0.4 is 5.11 Å². The average molecular weight is 860 g/mol. The fraction of sp³-hybridized carbons (Fsp3) is 0.788. The van der Waals surface area contributed by atoms with E-state index in [1.807, 2.05) is 21.1 Å². The molecule has 0 saturated heterocycles. The zero-order chi connectivity index (χ0) is 44.9. The van der Waals surface area contributed by atoms with Gasteiger partial charge in [0, 0.05) is 12.8 Å². The van der Waals surface area contributed by atoms with Crippen molar-refractivity contribution in [2.45, 2.75) is 219 Å². The Kier molecular flexibility index (Phi) is 41.9. The highest BCUT2D eigenvalue weighted by Gasteiger charge is 2.21. The van der Waals surface area contributed by atoms with Crippen LogP contribution in [-0.4, -0.2) is 82.3 Å². The molecule has 354 valence electrons. The zero-order valence-electron chi connectivity index (χ0n) is 40.0. The number of unbranched alkanes of at least 4 members (excludes halogenated alkanes) is 22. The maximum Gasteiger partial charge on any atom is 0.306 e. The minimum Gasteiger partial charge on any atom is -0.545 e. The molecule has 0 fully saturated rings. The summed E-state index contributed by atoms with van der Waals surface area (Å²) in [4.78, 5) is 37.1. The van der Waals surface area contributed by atoms with Gasteiger partial charge in [-0.25, -0.2) is 0 Å². The van der Waals surface area contributed by atoms with Crippen molar-refractivity contribution in [3.05, 3.63) is 48.6 Å². The van der Waals surface area contributed by atoms with Crippen LogP contribution in [0.25, 0.3) is 0 Å². The molecular formula is C52H93NO8. The van der Waals surface area contributed by atoms with Crippen molar-refractivity contribution in [1.82, 2.24) is 0 Å². The van der Waals surface area contributed by atoms with Gasteiger partial charge in [-0.05, 0) is 70.6 Å². The third kappa shape index (κ3) is 45.1. The summed E-state index contributed by atoms with van der Waals surface area (Å²) in [7, 11) is 5.90. The third-order valence-electron chi connectivity index (χ3n) is 10.6. The zero-order valence-corrected chi connectivity index (χ0v) is 40.0. The minimum absolute atomic E-state index is 0.143. The van der Waals surface area contributed by atoms with Gasteiger partial charge in [0.15, 0.2) is 12.4 Å². The summed E-state index contributed by atoms with van der Waals surface area (Å²) < 4.78 is 22.6. The molecule has 9 heteroatoms. The van der Waals surface area contributed by atoms with E-state index in [1.54, 1.807) is 0 Å². The number of ether oxygens (including phenoxy) is 4. The number of quaternary nitrogens is 1. The Bertz CT molecular complexity index is 1140. The number of hydrogen-bond acceptors (Lipinski definition) is 8. The Morgan fingerprint density at radius 2 is 0.934 bits per heavy atom. The van der Waals surface area contributed by atoms with Gasteiger partial charge in [-0.15, -0.1) is 0 Å². The molecular weight excluding hydrogens is 767 g/mol. The monoisotopic (exact) mass is 860 g/mol. The predicted octanol–water partition coefficient (Wildman–Crippen LogP) is 12.2. The van der Waals surface area contributed by atoms with E-state index >= 15 is 0 Å². The Balaban J connectivity index is 4.35. The molecule has 0 aliphatic heterocycles. The van der Waals surface area contributed by atoms with E-state index in [2.05, 4.69) is 62.5 Å². The van der Waals surface area contributed by atoms with Crippen LogP contribution in [-0.2, 0) is 33.3 Å². The van der Waals surface area contributed by atoms with E-state index in [0.29, 0.717) is 17.4 Å². The molecule has 0 aromatic rings. The van der Waals surface area contributed by atoms with Crippen LogP contribution in [0.5, 0.6) is 0 Å². The molecule has 0 aromatic carbocycles. The SMILES string of the molecule is CC/C=C\C/C=C\C/C=C\CCCCCCCC(=O)OC(COC(=O)CCCCCCCCCCC/C=C\CCCCCCCCCC)COC(OCC[N+](C)(C)C)C(=O)[O-]. The number of allylic oxidation sites excluding steroid dienone is 8. The van der Waals surface area contributed by atoms with Crippen LogP contribution in [0.2, 0.25) is 0 Å². The molecule has 0 saturated carbocycles. The Morgan fingerprint density at radius 1 is 0.508 bits per heavy atom. The van der Waals surface area contributed by atoms with Gasteiger partial charge in [-0.2, -0.15) is 0 Å². The summed E-state index contributed by atoms with van der Waals surface area (Å²) in [5, 5.41) is 11.7. The van der Waals surface area contributed by atoms with Gasteiger partial charge in [0.05, 0.1) is 40.3 Å². The highest BCUT2D eigenvalue weighted by Crippen LogP contribution is 2.14. The second-order valence-corrected chi connectivity index (χ2v) is 17.7. The van der Waals surface area contributed by atoms with E-state index in [4.69, 9.17) is 18.9 Å². The number of esters is 2. The van der Waals surface area contributed by atoms with Crippen molar-refractivity contribution in [2.75, 3.05) is 47.5 Å². The summed E-state index contributed by atoms with van der Waals surface area (Å²) in [6.45, 7) is 4.61. The number of aliphatic carboxylic acids is 1. The van der Waals surface area contributed by atoms with Crippen molar-refractivity contribution in [3.63, 3.8) is 0 Å². The molecule has 0 bridgehead atoms. The van der Waals surface area contributed by atoms with Gasteiger partial charge in [0.1, 0.15) is 13.2 Å². The summed E-state index contributed by atoms with van der Waals surface area (Å²) in [6, 6.07) is 0. The number of rotatable bonds is 45. The molecule has 0 N–H and O–H groups in total. The lowest BCUT2D eigenvalue weighted by Crippen LogP contribution is -2.44. The topological polar surface area (TPSA) is 111 Å². The van der Waals surface area contributed by atoms with Gasteiger partial charge in [-0.1, -0.05) is 172 Å². The molecule has 0 aromatic heterocycles. The number of likely N-dealkylation sites (N-methyl/N-ethyl adjacent to an activating group) is 1. The Morgan fingerprint density at radius 3 is 1.41 bits per heavy atom. The first-order valence-corrected chi connectivity index (χ1v) is 24.8. The number of carboxylic acids is 1. The lowest BCUT2D eigenvalue weighted by atomic mass is 10.1. The third-order valence-corrected chi connectivity index (χ3v) is 10.6. The first kappa shape index (κ1) is 58.2. The quantitative estimate of drug-likeness (QED) is 0.0196. The largest absolute Gasteiger partial charge is 0.545 e. The smallest absolute Gasteiger partial charge is 0.306 e. The number of nitrogens with zero attached hydrogens (tertiary/aromatic N) is 1. The van der Waals surface area contributed by atoms with Crippen LogP contribution in [0.15, 0.2) is 48.6 Å². The van der Waals surface area contributed by atoms with Gasteiger partial charge in [-0.3, -0.25) is 9.59 Å². The highest BCUT2D eigenvalue weighted by atomic mass is 16.7. The number of carboxylic acid groups (broad SMARTS) is 1. The van der Waals surface area contributed by atoms with E-state index in [-0.39, 0.29) is 38.6 Å². The van der Waals surface area contributed by atoms with Crippen LogP contribution in [0.4, 0.5) is 0 Å². The Labute approximate surface area is 374 Å². The second-order valence-electron chi connectivity index (χ2n) is 17.7. The summed E-state index contributed by atoms with van der Waals surface area (Å²) >= 11 is 0. The second kappa shape index (κ2) is 43.9. The highest BCUT2D eigenvalue weighted by molar-refractivity contribution is 5.70. The first-order valence-electron chi connectivity index (χ1n) is 24.8. The minimum atomic E-state index is -1.63. The van der Waals surface area contributed by atoms with Crippen molar-refractivity contribution >= 4 is 17.9 Å². The number of carbonyl (C=O) groups is 3. The molecule has 2 unspecified atom stereocenters. The van der Waals surface area contributed by atoms with E-state index in [1.165, 1.54) is 103 Å². The molecule has 0 spiro atoms. The fourth-order valence-electron chi connectivity index (χ4n) is 6.72. The predicted molar refractivity (Wildman–Crippen MR) is 251 cm³/mol. The molecule has 0 heterocycles. The molecule has 0 radical (unpaired) electrons. The lowest BCUT2D eigenvalue weighted by Gasteiger charge is -2.26. The van der Waals surface area contributed by atoms with Crippen molar-refractivity contribution in [1.29, 1.82) is 0 Å². The number of hydrogen-bond donors (Lipinski definition) is 0. The van der Waals surface area contributed by atoms with Gasteiger partial charge in [0.25, 0.3) is 0 Å². The summed E-state index contributed by atoms with van der Waals surface area (Å²) in [5.74, 6) is -2.31. The molecule has 0 aliphatic carbocycles. The first-order chi connectivity index (χ1) is 29.6. The summed E-state index contributed by atoms with van der Waals surface area (Å²) in [6.07, 6.45) is 48.6. The van der Waals surface area contributed by atoms with Crippen LogP contribution in [0, 0.1) is 0 Å². The van der Waals surface area contributed by atoms with Crippen LogP contribution in [0.1, 0.15) is 206 Å². The lowest BCUT2D eigenvalue weighted by molar-refractivity contribution is -0.870. The fourth-order valence-corrected chi connectivity index (χ4v) is 6.72. The summed E-state index contributed by atoms with van der Waals surface area (Å²) in [5.41, 5.74) is 0. The van der Waals surface area contributed by atoms with Crippen molar-refractivity contribution in [3.8, 4) is 0 Å². The maximum atomic E-state index is 12.8. The van der Waals surface area contributed by atoms with Crippen LogP contribution >= 0.6 is 0 Å². The molecule has 0 aliphatic rings. The molecule has 61 heavy (non-hydrogen) atoms. The molecule has 0 rings (SSSR count). The Hall–Kier alpha value is -2.75. The van der Waals surface area contributed by atoms with Gasteiger partial charge >= 0.3 is 11.9 Å². The average Bonchev–Trinajstić information content (AvgIpc) is 3.22. The van der Waals surface area contributed by atoms with E-state index in [0.717, 1.165) is 70.6 Å². The van der Waals surface area contributed by atoms with E-state index < -0.39 is 24.3 Å². The van der Waals surface area contributed by atoms with Gasteiger partial charge in [0.2, 0.25) is 0 Å².